The summed E-state index contributed by atoms with van der Waals surface area (Å²) in [4.78, 5) is 22.4. The Balaban J connectivity index is 2.22. The summed E-state index contributed by atoms with van der Waals surface area (Å²) in [7, 11) is 0. The molecule has 7 heteroatoms. The maximum Gasteiger partial charge on any atom is 0.358 e. The number of benzene rings is 1. The molecule has 1 aromatic heterocycles. The molecule has 2 rings (SSSR count). The van der Waals surface area contributed by atoms with Gasteiger partial charge in [0.2, 0.25) is 0 Å². The first-order chi connectivity index (χ1) is 8.58. The number of esters is 1. The maximum atomic E-state index is 11.8. The Hall–Kier alpha value is -2.28. The van der Waals surface area contributed by atoms with Gasteiger partial charge in [-0.3, -0.25) is 0 Å². The van der Waals surface area contributed by atoms with Crippen molar-refractivity contribution in [2.24, 2.45) is 0 Å². The molecule has 18 heavy (non-hydrogen) atoms. The highest BCUT2D eigenvalue weighted by atomic mass is 32.1. The van der Waals surface area contributed by atoms with Crippen molar-refractivity contribution < 1.29 is 19.4 Å². The summed E-state index contributed by atoms with van der Waals surface area (Å²) in [5.41, 5.74) is 0.541. The highest BCUT2D eigenvalue weighted by Gasteiger charge is 2.23. The molecule has 0 aliphatic carbocycles. The van der Waals surface area contributed by atoms with E-state index in [1.807, 2.05) is 13.0 Å². The predicted molar refractivity (Wildman–Crippen MR) is 63.0 cm³/mol. The van der Waals surface area contributed by atoms with Crippen LogP contribution in [0.3, 0.4) is 0 Å². The summed E-state index contributed by atoms with van der Waals surface area (Å²) in [5.74, 6) is -1.72. The molecule has 0 spiro atoms. The molecule has 1 aromatic carbocycles. The molecule has 0 saturated heterocycles. The van der Waals surface area contributed by atoms with Gasteiger partial charge in [0.15, 0.2) is 10.6 Å². The number of carbonyl (C=O) groups excluding carboxylic acids is 1. The van der Waals surface area contributed by atoms with Gasteiger partial charge in [0.1, 0.15) is 5.75 Å². The Kier molecular flexibility index (Phi) is 3.33. The second kappa shape index (κ2) is 4.92. The van der Waals surface area contributed by atoms with Crippen molar-refractivity contribution in [2.45, 2.75) is 6.92 Å². The molecule has 0 saturated carbocycles. The number of aromatic carboxylic acids is 1. The Morgan fingerprint density at radius 3 is 2.83 bits per heavy atom. The molecule has 0 fully saturated rings. The molecule has 0 unspecified atom stereocenters. The molecule has 6 nitrogen and oxygen atoms in total. The van der Waals surface area contributed by atoms with E-state index in [9.17, 15) is 9.59 Å². The lowest BCUT2D eigenvalue weighted by molar-refractivity contribution is 0.0665. The first-order valence-corrected chi connectivity index (χ1v) is 5.70. The van der Waals surface area contributed by atoms with Crippen LogP contribution >= 0.6 is 11.5 Å². The first-order valence-electron chi connectivity index (χ1n) is 4.92. The van der Waals surface area contributed by atoms with Gasteiger partial charge >= 0.3 is 11.9 Å². The monoisotopic (exact) mass is 264 g/mol. The standard InChI is InChI=1S/C11H8N2O4S/c1-6-3-2-4-7(5-6)17-11(16)9-8(10(14)15)12-13-18-9/h2-5H,1H3,(H,14,15). The number of nitrogens with zero attached hydrogens (tertiary/aromatic N) is 2. The molecular formula is C11H8N2O4S. The van der Waals surface area contributed by atoms with Crippen molar-refractivity contribution in [3.8, 4) is 5.75 Å². The number of carbonyl (C=O) groups is 2. The minimum atomic E-state index is -1.31. The van der Waals surface area contributed by atoms with E-state index in [-0.39, 0.29) is 4.88 Å². The Morgan fingerprint density at radius 1 is 1.39 bits per heavy atom. The van der Waals surface area contributed by atoms with Crippen molar-refractivity contribution in [3.05, 3.63) is 40.4 Å². The van der Waals surface area contributed by atoms with Crippen LogP contribution in [0.15, 0.2) is 24.3 Å². The van der Waals surface area contributed by atoms with Crippen LogP contribution < -0.4 is 4.74 Å². The second-order valence-electron chi connectivity index (χ2n) is 3.46. The van der Waals surface area contributed by atoms with Crippen molar-refractivity contribution in [3.63, 3.8) is 0 Å². The molecule has 0 radical (unpaired) electrons. The number of aryl methyl sites for hydroxylation is 1. The van der Waals surface area contributed by atoms with Gasteiger partial charge in [0.05, 0.1) is 0 Å². The number of hydrogen-bond acceptors (Lipinski definition) is 6. The summed E-state index contributed by atoms with van der Waals surface area (Å²) in [5, 5.41) is 12.2. The third-order valence-electron chi connectivity index (χ3n) is 2.08. The third-order valence-corrected chi connectivity index (χ3v) is 2.78. The van der Waals surface area contributed by atoms with Gasteiger partial charge < -0.3 is 9.84 Å². The number of hydrogen-bond donors (Lipinski definition) is 1. The van der Waals surface area contributed by atoms with Crippen molar-refractivity contribution >= 4 is 23.5 Å². The van der Waals surface area contributed by atoms with Crippen LogP contribution in [0.25, 0.3) is 0 Å². The number of rotatable bonds is 3. The van der Waals surface area contributed by atoms with Gasteiger partial charge in [-0.25, -0.2) is 9.59 Å². The average molecular weight is 264 g/mol. The molecule has 0 aliphatic heterocycles. The van der Waals surface area contributed by atoms with E-state index < -0.39 is 17.6 Å². The fourth-order valence-electron chi connectivity index (χ4n) is 1.30. The average Bonchev–Trinajstić information content (AvgIpc) is 2.77. The smallest absolute Gasteiger partial charge is 0.358 e. The maximum absolute atomic E-state index is 11.8. The fraction of sp³-hybridized carbons (Fsp3) is 0.0909. The Bertz CT molecular complexity index is 609. The minimum absolute atomic E-state index is 0.121. The first kappa shape index (κ1) is 12.2. The second-order valence-corrected chi connectivity index (χ2v) is 4.22. The molecule has 1 N–H and O–H groups in total. The van der Waals surface area contributed by atoms with E-state index in [0.29, 0.717) is 17.3 Å². The zero-order chi connectivity index (χ0) is 13.1. The Labute approximate surface area is 106 Å². The van der Waals surface area contributed by atoms with Crippen LogP contribution in [0.4, 0.5) is 0 Å². The normalized spacial score (nSPS) is 10.1. The number of carboxylic acid groups (broad SMARTS) is 1. The largest absolute Gasteiger partial charge is 0.476 e. The van der Waals surface area contributed by atoms with E-state index in [4.69, 9.17) is 9.84 Å². The third kappa shape index (κ3) is 2.51. The van der Waals surface area contributed by atoms with Gasteiger partial charge in [0, 0.05) is 0 Å². The SMILES string of the molecule is Cc1cccc(OC(=O)c2snnc2C(=O)O)c1. The van der Waals surface area contributed by atoms with Crippen LogP contribution in [0, 0.1) is 6.92 Å². The van der Waals surface area contributed by atoms with Crippen molar-refractivity contribution in [1.29, 1.82) is 0 Å². The molecule has 0 atom stereocenters. The van der Waals surface area contributed by atoms with Crippen LogP contribution in [-0.4, -0.2) is 26.6 Å². The molecule has 1 heterocycles. The van der Waals surface area contributed by atoms with Crippen LogP contribution in [0.1, 0.15) is 25.7 Å². The topological polar surface area (TPSA) is 89.4 Å². The van der Waals surface area contributed by atoms with E-state index in [1.54, 1.807) is 18.2 Å². The lowest BCUT2D eigenvalue weighted by Crippen LogP contribution is -2.12. The van der Waals surface area contributed by atoms with Gasteiger partial charge in [-0.15, -0.1) is 5.10 Å². The molecule has 0 aliphatic rings. The molecular weight excluding hydrogens is 256 g/mol. The lowest BCUT2D eigenvalue weighted by atomic mass is 10.2. The summed E-state index contributed by atoms with van der Waals surface area (Å²) in [6, 6.07) is 6.88. The van der Waals surface area contributed by atoms with E-state index in [2.05, 4.69) is 9.59 Å². The van der Waals surface area contributed by atoms with E-state index in [0.717, 1.165) is 5.56 Å². The number of ether oxygens (including phenoxy) is 1. The van der Waals surface area contributed by atoms with E-state index >= 15 is 0 Å². The summed E-state index contributed by atoms with van der Waals surface area (Å²) < 4.78 is 8.49. The van der Waals surface area contributed by atoms with Crippen LogP contribution in [-0.2, 0) is 0 Å². The lowest BCUT2D eigenvalue weighted by Gasteiger charge is -2.03. The van der Waals surface area contributed by atoms with Crippen LogP contribution in [0.5, 0.6) is 5.75 Å². The molecule has 0 bridgehead atoms. The van der Waals surface area contributed by atoms with E-state index in [1.165, 1.54) is 0 Å². The van der Waals surface area contributed by atoms with Gasteiger partial charge in [0.25, 0.3) is 0 Å². The zero-order valence-corrected chi connectivity index (χ0v) is 10.1. The molecule has 0 amide bonds. The van der Waals surface area contributed by atoms with Crippen molar-refractivity contribution in [2.75, 3.05) is 0 Å². The minimum Gasteiger partial charge on any atom is -0.476 e. The fourth-order valence-corrected chi connectivity index (χ4v) is 1.83. The summed E-state index contributed by atoms with van der Waals surface area (Å²) in [6.07, 6.45) is 0. The molecule has 92 valence electrons. The number of aromatic nitrogens is 2. The van der Waals surface area contributed by atoms with Gasteiger partial charge in [-0.1, -0.05) is 16.6 Å². The quantitative estimate of drug-likeness (QED) is 0.671. The highest BCUT2D eigenvalue weighted by molar-refractivity contribution is 7.08. The predicted octanol–water partition coefficient (Wildman–Crippen LogP) is 1.76. The zero-order valence-electron chi connectivity index (χ0n) is 9.28. The van der Waals surface area contributed by atoms with Crippen LogP contribution in [0.2, 0.25) is 0 Å². The summed E-state index contributed by atoms with van der Waals surface area (Å²) in [6.45, 7) is 1.86. The summed E-state index contributed by atoms with van der Waals surface area (Å²) >= 11 is 0.693. The molecule has 2 aromatic rings. The highest BCUT2D eigenvalue weighted by Crippen LogP contribution is 2.17. The van der Waals surface area contributed by atoms with Crippen molar-refractivity contribution in [1.82, 2.24) is 9.59 Å². The van der Waals surface area contributed by atoms with Gasteiger partial charge in [-0.2, -0.15) is 0 Å². The Morgan fingerprint density at radius 2 is 2.17 bits per heavy atom. The number of carboxylic acids is 1. The van der Waals surface area contributed by atoms with Gasteiger partial charge in [-0.05, 0) is 36.2 Å².